The van der Waals surface area contributed by atoms with Crippen LogP contribution >= 0.6 is 0 Å². The van der Waals surface area contributed by atoms with Crippen molar-refractivity contribution in [2.24, 2.45) is 41.4 Å². The summed E-state index contributed by atoms with van der Waals surface area (Å²) >= 11 is 0. The van der Waals surface area contributed by atoms with E-state index in [9.17, 15) is 18.8 Å². The van der Waals surface area contributed by atoms with Gasteiger partial charge in [0.15, 0.2) is 0 Å². The van der Waals surface area contributed by atoms with Gasteiger partial charge in [-0.05, 0) is 80.0 Å². The molecule has 5 aliphatic carbocycles. The van der Waals surface area contributed by atoms with E-state index in [4.69, 9.17) is 0 Å². The molecular formula is C24H25FN2O3. The highest BCUT2D eigenvalue weighted by atomic mass is 19.1. The number of allylic oxidation sites excluding steroid dienone is 2. The zero-order chi connectivity index (χ0) is 20.6. The average Bonchev–Trinajstić information content (AvgIpc) is 3.53. The molecule has 5 nitrogen and oxygen atoms in total. The summed E-state index contributed by atoms with van der Waals surface area (Å²) < 4.78 is 13.0. The molecule has 6 unspecified atom stereocenters. The molecule has 0 aromatic heterocycles. The molecule has 6 heteroatoms. The SMILES string of the molecule is O=C(Nc1ccc(F)cc1)C1CCC(N2C(=O)C3C4C=CC(C5CC45)C3C2=O)CC1. The number of carbonyl (C=O) groups excluding carboxylic acids is 3. The molecule has 3 saturated carbocycles. The minimum absolute atomic E-state index is 0.0360. The van der Waals surface area contributed by atoms with Crippen molar-refractivity contribution in [1.29, 1.82) is 0 Å². The number of nitrogens with zero attached hydrogens (tertiary/aromatic N) is 1. The Balaban J connectivity index is 1.11. The summed E-state index contributed by atoms with van der Waals surface area (Å²) in [5, 5.41) is 2.85. The van der Waals surface area contributed by atoms with Gasteiger partial charge < -0.3 is 5.32 Å². The third-order valence-electron chi connectivity index (χ3n) is 8.24. The van der Waals surface area contributed by atoms with E-state index in [0.29, 0.717) is 43.2 Å². The van der Waals surface area contributed by atoms with Gasteiger partial charge in [-0.2, -0.15) is 0 Å². The predicted molar refractivity (Wildman–Crippen MR) is 107 cm³/mol. The van der Waals surface area contributed by atoms with Crippen LogP contribution in [0.1, 0.15) is 32.1 Å². The van der Waals surface area contributed by atoms with Gasteiger partial charge in [-0.3, -0.25) is 19.3 Å². The van der Waals surface area contributed by atoms with Gasteiger partial charge in [0.2, 0.25) is 17.7 Å². The molecule has 0 spiro atoms. The Morgan fingerprint density at radius 2 is 1.47 bits per heavy atom. The molecule has 7 rings (SSSR count). The Morgan fingerprint density at radius 1 is 0.900 bits per heavy atom. The van der Waals surface area contributed by atoms with Crippen LogP contribution in [-0.4, -0.2) is 28.7 Å². The van der Waals surface area contributed by atoms with Gasteiger partial charge in [-0.25, -0.2) is 4.39 Å². The number of likely N-dealkylation sites (tertiary alicyclic amines) is 1. The molecule has 2 bridgehead atoms. The minimum atomic E-state index is -0.338. The van der Waals surface area contributed by atoms with Crippen LogP contribution in [0.3, 0.4) is 0 Å². The summed E-state index contributed by atoms with van der Waals surface area (Å²) in [4.78, 5) is 40.7. The van der Waals surface area contributed by atoms with E-state index >= 15 is 0 Å². The van der Waals surface area contributed by atoms with E-state index in [-0.39, 0.29) is 59.2 Å². The number of hydrogen-bond acceptors (Lipinski definition) is 3. The van der Waals surface area contributed by atoms with Gasteiger partial charge in [0.05, 0.1) is 11.8 Å². The Labute approximate surface area is 174 Å². The highest BCUT2D eigenvalue weighted by Crippen LogP contribution is 2.65. The summed E-state index contributed by atoms with van der Waals surface area (Å²) in [5.41, 5.74) is 0.582. The molecule has 6 atom stereocenters. The second-order valence-electron chi connectivity index (χ2n) is 9.70. The average molecular weight is 408 g/mol. The molecule has 1 heterocycles. The zero-order valence-electron chi connectivity index (χ0n) is 16.7. The first-order valence-corrected chi connectivity index (χ1v) is 11.1. The number of amides is 3. The molecule has 1 N–H and O–H groups in total. The summed E-state index contributed by atoms with van der Waals surface area (Å²) in [6, 6.07) is 5.66. The molecular weight excluding hydrogens is 383 g/mol. The molecule has 3 amide bonds. The Bertz CT molecular complexity index is 914. The van der Waals surface area contributed by atoms with Crippen molar-refractivity contribution in [1.82, 2.24) is 4.90 Å². The topological polar surface area (TPSA) is 66.5 Å². The van der Waals surface area contributed by atoms with E-state index in [0.717, 1.165) is 0 Å². The molecule has 156 valence electrons. The smallest absolute Gasteiger partial charge is 0.233 e. The van der Waals surface area contributed by atoms with Crippen LogP contribution < -0.4 is 5.32 Å². The first-order chi connectivity index (χ1) is 14.5. The Hall–Kier alpha value is -2.50. The van der Waals surface area contributed by atoms with Crippen molar-refractivity contribution in [3.8, 4) is 0 Å². The van der Waals surface area contributed by atoms with Crippen molar-refractivity contribution >= 4 is 23.4 Å². The third-order valence-corrected chi connectivity index (χ3v) is 8.24. The third kappa shape index (κ3) is 2.62. The summed E-state index contributed by atoms with van der Waals surface area (Å²) in [5.74, 6) is 0.965. The maximum Gasteiger partial charge on any atom is 0.233 e. The van der Waals surface area contributed by atoms with E-state index in [1.165, 1.54) is 18.6 Å². The van der Waals surface area contributed by atoms with Crippen LogP contribution in [-0.2, 0) is 14.4 Å². The number of imide groups is 1. The Kier molecular flexibility index (Phi) is 3.96. The van der Waals surface area contributed by atoms with Crippen molar-refractivity contribution in [3.63, 3.8) is 0 Å². The van der Waals surface area contributed by atoms with E-state index in [1.807, 2.05) is 0 Å². The number of halogens is 1. The summed E-state index contributed by atoms with van der Waals surface area (Å²) in [7, 11) is 0. The fourth-order valence-corrected chi connectivity index (χ4v) is 6.71. The van der Waals surface area contributed by atoms with Gasteiger partial charge >= 0.3 is 0 Å². The van der Waals surface area contributed by atoms with Crippen LogP contribution in [0.4, 0.5) is 10.1 Å². The van der Waals surface area contributed by atoms with Gasteiger partial charge in [0.25, 0.3) is 0 Å². The number of nitrogens with one attached hydrogen (secondary N) is 1. The number of carbonyl (C=O) groups is 3. The molecule has 1 saturated heterocycles. The number of hydrogen-bond donors (Lipinski definition) is 1. The van der Waals surface area contributed by atoms with Crippen molar-refractivity contribution in [2.45, 2.75) is 38.1 Å². The second-order valence-corrected chi connectivity index (χ2v) is 9.70. The van der Waals surface area contributed by atoms with Crippen molar-refractivity contribution in [3.05, 3.63) is 42.2 Å². The van der Waals surface area contributed by atoms with E-state index in [1.54, 1.807) is 17.0 Å². The quantitative estimate of drug-likeness (QED) is 0.616. The van der Waals surface area contributed by atoms with Crippen molar-refractivity contribution < 1.29 is 18.8 Å². The normalized spacial score (nSPS) is 40.9. The van der Waals surface area contributed by atoms with E-state index < -0.39 is 0 Å². The number of anilines is 1. The van der Waals surface area contributed by atoms with Gasteiger partial charge in [0.1, 0.15) is 5.82 Å². The monoisotopic (exact) mass is 408 g/mol. The van der Waals surface area contributed by atoms with Crippen molar-refractivity contribution in [2.75, 3.05) is 5.32 Å². The first-order valence-electron chi connectivity index (χ1n) is 11.1. The maximum absolute atomic E-state index is 13.2. The fourth-order valence-electron chi connectivity index (χ4n) is 6.71. The van der Waals surface area contributed by atoms with Gasteiger partial charge in [0, 0.05) is 17.6 Å². The highest BCUT2D eigenvalue weighted by molar-refractivity contribution is 6.06. The summed E-state index contributed by atoms with van der Waals surface area (Å²) in [6.45, 7) is 0. The van der Waals surface area contributed by atoms with Crippen LogP contribution in [0.5, 0.6) is 0 Å². The molecule has 30 heavy (non-hydrogen) atoms. The molecule has 1 aliphatic heterocycles. The second kappa shape index (κ2) is 6.50. The molecule has 0 radical (unpaired) electrons. The standard InChI is InChI=1S/C24H25FN2O3/c25-13-3-5-14(6-4-13)26-22(28)12-1-7-15(8-2-12)27-23(29)20-16-9-10-17(19-11-18(16)19)21(20)24(27)30/h3-6,9-10,12,15-21H,1-2,7-8,11H2,(H,26,28). The zero-order valence-corrected chi connectivity index (χ0v) is 16.7. The lowest BCUT2D eigenvalue weighted by Gasteiger charge is -2.37. The Morgan fingerprint density at radius 3 is 2.03 bits per heavy atom. The fraction of sp³-hybridized carbons (Fsp3) is 0.542. The minimum Gasteiger partial charge on any atom is -0.326 e. The van der Waals surface area contributed by atoms with Gasteiger partial charge in [-0.1, -0.05) is 12.2 Å². The first kappa shape index (κ1) is 18.3. The number of rotatable bonds is 3. The predicted octanol–water partition coefficient (Wildman–Crippen LogP) is 3.38. The molecule has 4 fully saturated rings. The lowest BCUT2D eigenvalue weighted by Crippen LogP contribution is -2.44. The van der Waals surface area contributed by atoms with Gasteiger partial charge in [-0.15, -0.1) is 0 Å². The van der Waals surface area contributed by atoms with E-state index in [2.05, 4.69) is 17.5 Å². The summed E-state index contributed by atoms with van der Waals surface area (Å²) in [6.07, 6.45) is 8.23. The van der Waals surface area contributed by atoms with Crippen LogP contribution in [0, 0.1) is 47.2 Å². The maximum atomic E-state index is 13.2. The van der Waals surface area contributed by atoms with Crippen LogP contribution in [0.15, 0.2) is 36.4 Å². The molecule has 6 aliphatic rings. The lowest BCUT2D eigenvalue weighted by atomic mass is 9.63. The molecule has 1 aromatic rings. The largest absolute Gasteiger partial charge is 0.326 e. The van der Waals surface area contributed by atoms with Crippen LogP contribution in [0.2, 0.25) is 0 Å². The lowest BCUT2D eigenvalue weighted by molar-refractivity contribution is -0.144. The number of benzene rings is 1. The molecule has 1 aromatic carbocycles. The highest BCUT2D eigenvalue weighted by Gasteiger charge is 2.67. The van der Waals surface area contributed by atoms with Crippen LogP contribution in [0.25, 0.3) is 0 Å².